The molecule has 1 N–H and O–H groups in total. The fraction of sp³-hybridized carbons (Fsp3) is 0.619. The first kappa shape index (κ1) is 20.3. The number of thioether (sulfide) groups is 1. The predicted molar refractivity (Wildman–Crippen MR) is 110 cm³/mol. The highest BCUT2D eigenvalue weighted by molar-refractivity contribution is 8.01. The summed E-state index contributed by atoms with van der Waals surface area (Å²) < 4.78 is 15.9. The molecule has 0 spiro atoms. The summed E-state index contributed by atoms with van der Waals surface area (Å²) in [5, 5.41) is 2.90. The maximum atomic E-state index is 13.4. The number of rotatable bonds is 5. The number of benzene rings is 1. The Balaban J connectivity index is 1.60. The van der Waals surface area contributed by atoms with Gasteiger partial charge < -0.3 is 24.4 Å². The lowest BCUT2D eigenvalue weighted by atomic mass is 9.98. The average Bonchev–Trinajstić information content (AvgIpc) is 3.15. The summed E-state index contributed by atoms with van der Waals surface area (Å²) in [7, 11) is 3.08. The summed E-state index contributed by atoms with van der Waals surface area (Å²) >= 11 is 1.64. The fourth-order valence-corrected chi connectivity index (χ4v) is 6.13. The van der Waals surface area contributed by atoms with Gasteiger partial charge in [-0.25, -0.2) is 0 Å². The van der Waals surface area contributed by atoms with E-state index in [0.29, 0.717) is 29.5 Å². The van der Waals surface area contributed by atoms with Crippen molar-refractivity contribution in [2.75, 3.05) is 34.0 Å². The molecule has 3 aliphatic heterocycles. The number of carbonyl (C=O) groups is 2. The summed E-state index contributed by atoms with van der Waals surface area (Å²) in [4.78, 5) is 28.3. The molecule has 29 heavy (non-hydrogen) atoms. The van der Waals surface area contributed by atoms with E-state index in [1.54, 1.807) is 23.8 Å². The monoisotopic (exact) mass is 420 g/mol. The third kappa shape index (κ3) is 3.36. The Labute approximate surface area is 175 Å². The van der Waals surface area contributed by atoms with Crippen molar-refractivity contribution in [1.82, 2.24) is 10.2 Å². The maximum Gasteiger partial charge on any atom is 0.260 e. The van der Waals surface area contributed by atoms with E-state index in [4.69, 9.17) is 14.2 Å². The SMILES string of the molecule is COc1ccc2c(c1OC)C(=O)N1C2SC(C)(C)C1C(=O)NCC1CCOCC1. The maximum absolute atomic E-state index is 13.4. The highest BCUT2D eigenvalue weighted by Gasteiger charge is 2.58. The van der Waals surface area contributed by atoms with Crippen molar-refractivity contribution in [1.29, 1.82) is 0 Å². The molecule has 0 saturated carbocycles. The van der Waals surface area contributed by atoms with Crippen LogP contribution < -0.4 is 14.8 Å². The highest BCUT2D eigenvalue weighted by Crippen LogP contribution is 2.58. The van der Waals surface area contributed by atoms with Crippen LogP contribution in [0.1, 0.15) is 48.0 Å². The van der Waals surface area contributed by atoms with Gasteiger partial charge in [0.25, 0.3) is 5.91 Å². The Kier molecular flexibility index (Phi) is 5.42. The van der Waals surface area contributed by atoms with Gasteiger partial charge in [-0.1, -0.05) is 6.07 Å². The fourth-order valence-electron chi connectivity index (χ4n) is 4.55. The normalized spacial score (nSPS) is 25.5. The van der Waals surface area contributed by atoms with Crippen LogP contribution >= 0.6 is 11.8 Å². The lowest BCUT2D eigenvalue weighted by molar-refractivity contribution is -0.126. The molecular weight excluding hydrogens is 392 g/mol. The molecule has 158 valence electrons. The second-order valence-corrected chi connectivity index (χ2v) is 9.99. The van der Waals surface area contributed by atoms with Crippen molar-refractivity contribution in [3.63, 3.8) is 0 Å². The summed E-state index contributed by atoms with van der Waals surface area (Å²) in [5.74, 6) is 1.11. The van der Waals surface area contributed by atoms with Crippen LogP contribution in [-0.2, 0) is 9.53 Å². The van der Waals surface area contributed by atoms with E-state index in [1.165, 1.54) is 7.11 Å². The van der Waals surface area contributed by atoms with Crippen LogP contribution in [0.2, 0.25) is 0 Å². The second-order valence-electron chi connectivity index (χ2n) is 8.25. The number of ether oxygens (including phenoxy) is 3. The van der Waals surface area contributed by atoms with Crippen molar-refractivity contribution in [2.45, 2.75) is 42.9 Å². The molecule has 0 bridgehead atoms. The summed E-state index contributed by atoms with van der Waals surface area (Å²) in [6, 6.07) is 3.18. The highest BCUT2D eigenvalue weighted by atomic mass is 32.2. The van der Waals surface area contributed by atoms with Gasteiger partial charge in [-0.15, -0.1) is 11.8 Å². The van der Waals surface area contributed by atoms with Gasteiger partial charge in [0.15, 0.2) is 11.5 Å². The third-order valence-electron chi connectivity index (χ3n) is 6.05. The number of nitrogens with one attached hydrogen (secondary N) is 1. The number of fused-ring (bicyclic) bond motifs is 3. The minimum absolute atomic E-state index is 0.0939. The average molecular weight is 421 g/mol. The van der Waals surface area contributed by atoms with E-state index in [9.17, 15) is 9.59 Å². The van der Waals surface area contributed by atoms with Crippen LogP contribution in [0.5, 0.6) is 11.5 Å². The van der Waals surface area contributed by atoms with Crippen molar-refractivity contribution < 1.29 is 23.8 Å². The van der Waals surface area contributed by atoms with E-state index in [1.807, 2.05) is 26.0 Å². The quantitative estimate of drug-likeness (QED) is 0.789. The van der Waals surface area contributed by atoms with Gasteiger partial charge in [-0.3, -0.25) is 9.59 Å². The lowest BCUT2D eigenvalue weighted by Gasteiger charge is -2.30. The van der Waals surface area contributed by atoms with Gasteiger partial charge in [0.2, 0.25) is 5.91 Å². The minimum atomic E-state index is -0.548. The number of hydrogen-bond donors (Lipinski definition) is 1. The van der Waals surface area contributed by atoms with Crippen molar-refractivity contribution >= 4 is 23.6 Å². The van der Waals surface area contributed by atoms with E-state index in [0.717, 1.165) is 31.6 Å². The summed E-state index contributed by atoms with van der Waals surface area (Å²) in [5.41, 5.74) is 1.38. The van der Waals surface area contributed by atoms with Crippen LogP contribution in [0.4, 0.5) is 0 Å². The van der Waals surface area contributed by atoms with Crippen LogP contribution in [0.25, 0.3) is 0 Å². The van der Waals surface area contributed by atoms with E-state index >= 15 is 0 Å². The molecule has 4 rings (SSSR count). The first-order valence-corrected chi connectivity index (χ1v) is 10.9. The van der Waals surface area contributed by atoms with Crippen LogP contribution in [0.3, 0.4) is 0 Å². The standard InChI is InChI=1S/C21H28N2O5S/c1-21(2)17(18(24)22-11-12-7-9-28-10-8-12)23-19(25)15-13(20(23)29-21)5-6-14(26-3)16(15)27-4/h5-6,12,17,20H,7-11H2,1-4H3,(H,22,24). The molecule has 3 aliphatic rings. The first-order valence-electron chi connectivity index (χ1n) is 10.00. The van der Waals surface area contributed by atoms with Crippen molar-refractivity contribution in [2.24, 2.45) is 5.92 Å². The van der Waals surface area contributed by atoms with Crippen molar-refractivity contribution in [3.05, 3.63) is 23.3 Å². The Bertz CT molecular complexity index is 822. The number of methoxy groups -OCH3 is 2. The van der Waals surface area contributed by atoms with Gasteiger partial charge >= 0.3 is 0 Å². The molecule has 1 aromatic rings. The van der Waals surface area contributed by atoms with Gasteiger partial charge in [0, 0.05) is 30.1 Å². The largest absolute Gasteiger partial charge is 0.493 e. The van der Waals surface area contributed by atoms with E-state index < -0.39 is 10.8 Å². The third-order valence-corrected chi connectivity index (χ3v) is 7.59. The molecule has 1 aromatic carbocycles. The number of amides is 2. The predicted octanol–water partition coefficient (Wildman–Crippen LogP) is 2.60. The van der Waals surface area contributed by atoms with Crippen LogP contribution in [-0.4, -0.2) is 61.5 Å². The topological polar surface area (TPSA) is 77.1 Å². The zero-order valence-corrected chi connectivity index (χ0v) is 18.1. The van der Waals surface area contributed by atoms with E-state index in [-0.39, 0.29) is 17.2 Å². The van der Waals surface area contributed by atoms with E-state index in [2.05, 4.69) is 5.32 Å². The Morgan fingerprint density at radius 3 is 2.66 bits per heavy atom. The van der Waals surface area contributed by atoms with Gasteiger partial charge in [0.1, 0.15) is 11.4 Å². The summed E-state index contributed by atoms with van der Waals surface area (Å²) in [6.45, 7) is 6.17. The molecule has 2 atom stereocenters. The molecule has 2 amide bonds. The zero-order chi connectivity index (χ0) is 20.8. The smallest absolute Gasteiger partial charge is 0.260 e. The summed E-state index contributed by atoms with van der Waals surface area (Å²) in [6.07, 6.45) is 1.91. The molecule has 8 heteroatoms. The molecule has 0 aromatic heterocycles. The minimum Gasteiger partial charge on any atom is -0.493 e. The van der Waals surface area contributed by atoms with Crippen LogP contribution in [0.15, 0.2) is 12.1 Å². The Morgan fingerprint density at radius 2 is 2.00 bits per heavy atom. The lowest BCUT2D eigenvalue weighted by Crippen LogP contribution is -2.53. The van der Waals surface area contributed by atoms with Gasteiger partial charge in [-0.2, -0.15) is 0 Å². The molecule has 0 radical (unpaired) electrons. The number of carbonyl (C=O) groups excluding carboxylic acids is 2. The Morgan fingerprint density at radius 1 is 1.28 bits per heavy atom. The zero-order valence-electron chi connectivity index (χ0n) is 17.3. The molecule has 0 aliphatic carbocycles. The first-order chi connectivity index (χ1) is 13.9. The second kappa shape index (κ2) is 7.72. The van der Waals surface area contributed by atoms with Crippen molar-refractivity contribution in [3.8, 4) is 11.5 Å². The molecule has 2 fully saturated rings. The number of nitrogens with zero attached hydrogens (tertiary/aromatic N) is 1. The molecule has 2 unspecified atom stereocenters. The van der Waals surface area contributed by atoms with Crippen LogP contribution in [0, 0.1) is 5.92 Å². The van der Waals surface area contributed by atoms with Gasteiger partial charge in [0.05, 0.1) is 19.8 Å². The molecule has 7 nitrogen and oxygen atoms in total. The molecular formula is C21H28N2O5S. The van der Waals surface area contributed by atoms with Gasteiger partial charge in [-0.05, 0) is 38.7 Å². The molecule has 2 saturated heterocycles. The molecule has 3 heterocycles. The Hall–Kier alpha value is -1.93. The number of hydrogen-bond acceptors (Lipinski definition) is 6.